The van der Waals surface area contributed by atoms with Gasteiger partial charge in [0.05, 0.1) is 12.7 Å². The minimum absolute atomic E-state index is 0.330. The highest BCUT2D eigenvalue weighted by Crippen LogP contribution is 2.30. The first kappa shape index (κ1) is 16.8. The monoisotopic (exact) mass is 336 g/mol. The number of nitrogens with zero attached hydrogens (tertiary/aromatic N) is 2. The highest BCUT2D eigenvalue weighted by molar-refractivity contribution is 5.16. The molecule has 0 unspecified atom stereocenters. The van der Waals surface area contributed by atoms with Crippen LogP contribution < -0.4 is 0 Å². The lowest BCUT2D eigenvalue weighted by Crippen LogP contribution is -2.57. The van der Waals surface area contributed by atoms with Gasteiger partial charge in [-0.1, -0.05) is 60.7 Å². The summed E-state index contributed by atoms with van der Waals surface area (Å²) in [4.78, 5) is 5.20. The smallest absolute Gasteiger partial charge is 0.0747 e. The maximum Gasteiger partial charge on any atom is 0.0747 e. The van der Waals surface area contributed by atoms with Crippen LogP contribution in [0.1, 0.15) is 24.0 Å². The Balaban J connectivity index is 1.42. The molecule has 0 spiro atoms. The van der Waals surface area contributed by atoms with Gasteiger partial charge < -0.3 is 4.74 Å². The van der Waals surface area contributed by atoms with E-state index in [9.17, 15) is 0 Å². The third-order valence-corrected chi connectivity index (χ3v) is 5.75. The lowest BCUT2D eigenvalue weighted by Gasteiger charge is -2.43. The van der Waals surface area contributed by atoms with Gasteiger partial charge in [0, 0.05) is 31.7 Å². The molecule has 2 aromatic carbocycles. The van der Waals surface area contributed by atoms with Gasteiger partial charge in [0.15, 0.2) is 0 Å². The summed E-state index contributed by atoms with van der Waals surface area (Å²) < 4.78 is 6.38. The van der Waals surface area contributed by atoms with Crippen LogP contribution in [0.4, 0.5) is 0 Å². The molecule has 2 bridgehead atoms. The van der Waals surface area contributed by atoms with Crippen molar-refractivity contribution in [1.29, 1.82) is 0 Å². The van der Waals surface area contributed by atoms with Gasteiger partial charge in [0.1, 0.15) is 0 Å². The van der Waals surface area contributed by atoms with E-state index in [-0.39, 0.29) is 0 Å². The number of hydrogen-bond donors (Lipinski definition) is 0. The molecule has 3 aliphatic rings. The highest BCUT2D eigenvalue weighted by Gasteiger charge is 2.40. The van der Waals surface area contributed by atoms with Gasteiger partial charge in [-0.2, -0.15) is 0 Å². The molecule has 0 amide bonds. The Labute approximate surface area is 151 Å². The maximum absolute atomic E-state index is 6.38. The van der Waals surface area contributed by atoms with E-state index in [1.54, 1.807) is 0 Å². The minimum atomic E-state index is 0.330. The summed E-state index contributed by atoms with van der Waals surface area (Å²) in [6.07, 6.45) is 2.72. The molecule has 0 saturated carbocycles. The average molecular weight is 336 g/mol. The van der Waals surface area contributed by atoms with Crippen molar-refractivity contribution in [2.75, 3.05) is 20.1 Å². The third-order valence-electron chi connectivity index (χ3n) is 5.75. The zero-order valence-electron chi connectivity index (χ0n) is 15.1. The Morgan fingerprint density at radius 3 is 2.28 bits per heavy atom. The van der Waals surface area contributed by atoms with E-state index < -0.39 is 0 Å². The number of fused-ring (bicyclic) bond motifs is 4. The molecule has 3 fully saturated rings. The van der Waals surface area contributed by atoms with E-state index >= 15 is 0 Å². The first-order chi connectivity index (χ1) is 12.3. The van der Waals surface area contributed by atoms with Gasteiger partial charge in [-0.05, 0) is 31.0 Å². The molecule has 0 radical (unpaired) electrons. The Morgan fingerprint density at radius 2 is 1.56 bits per heavy atom. The molecule has 0 aliphatic carbocycles. The van der Waals surface area contributed by atoms with Crippen LogP contribution in [0.15, 0.2) is 60.7 Å². The number of hydrogen-bond acceptors (Lipinski definition) is 3. The van der Waals surface area contributed by atoms with Crippen LogP contribution in [-0.4, -0.2) is 48.1 Å². The molecule has 0 aromatic heterocycles. The lowest BCUT2D eigenvalue weighted by molar-refractivity contribution is -0.0382. The van der Waals surface area contributed by atoms with E-state index in [0.717, 1.165) is 32.7 Å². The van der Waals surface area contributed by atoms with E-state index in [0.29, 0.717) is 18.2 Å². The molecule has 132 valence electrons. The van der Waals surface area contributed by atoms with Crippen LogP contribution in [0, 0.1) is 0 Å². The summed E-state index contributed by atoms with van der Waals surface area (Å²) in [5.41, 5.74) is 2.68. The Hall–Kier alpha value is -1.68. The summed E-state index contributed by atoms with van der Waals surface area (Å²) in [6.45, 7) is 4.04. The second-order valence-electron chi connectivity index (χ2n) is 7.49. The molecule has 3 aliphatic heterocycles. The van der Waals surface area contributed by atoms with E-state index in [4.69, 9.17) is 4.74 Å². The molecule has 3 saturated heterocycles. The molecule has 5 rings (SSSR count). The Bertz CT molecular complexity index is 660. The van der Waals surface area contributed by atoms with E-state index in [1.807, 2.05) is 0 Å². The standard InChI is InChI=1S/C22H28N2O/c1-23-15-20-12-13-22(25-17-19-10-6-3-7-11-19)21(23)16-24(20)14-18-8-4-2-5-9-18/h2-11,20-22H,12-17H2,1H3/t20-,21+,22+/m0/s1. The van der Waals surface area contributed by atoms with Crippen molar-refractivity contribution in [1.82, 2.24) is 9.80 Å². The van der Waals surface area contributed by atoms with E-state index in [2.05, 4.69) is 77.5 Å². The van der Waals surface area contributed by atoms with Gasteiger partial charge in [0.25, 0.3) is 0 Å². The van der Waals surface area contributed by atoms with Crippen molar-refractivity contribution in [3.8, 4) is 0 Å². The molecule has 3 heterocycles. The molecule has 3 atom stereocenters. The zero-order chi connectivity index (χ0) is 17.1. The zero-order valence-corrected chi connectivity index (χ0v) is 15.1. The maximum atomic E-state index is 6.38. The topological polar surface area (TPSA) is 15.7 Å². The summed E-state index contributed by atoms with van der Waals surface area (Å²) in [5.74, 6) is 0. The third kappa shape index (κ3) is 3.95. The highest BCUT2D eigenvalue weighted by atomic mass is 16.5. The van der Waals surface area contributed by atoms with Crippen LogP contribution in [0.25, 0.3) is 0 Å². The van der Waals surface area contributed by atoms with Crippen LogP contribution >= 0.6 is 0 Å². The summed E-state index contributed by atoms with van der Waals surface area (Å²) in [5, 5.41) is 0. The van der Waals surface area contributed by atoms with Gasteiger partial charge in [0.2, 0.25) is 0 Å². The number of benzene rings is 2. The molecular weight excluding hydrogens is 308 g/mol. The average Bonchev–Trinajstić information content (AvgIpc) is 2.91. The number of piperazine rings is 1. The number of likely N-dealkylation sites (N-methyl/N-ethyl adjacent to an activating group) is 1. The van der Waals surface area contributed by atoms with Crippen molar-refractivity contribution < 1.29 is 4.74 Å². The van der Waals surface area contributed by atoms with Gasteiger partial charge in [-0.15, -0.1) is 0 Å². The predicted octanol–water partition coefficient (Wildman–Crippen LogP) is 3.55. The second-order valence-corrected chi connectivity index (χ2v) is 7.49. The van der Waals surface area contributed by atoms with Crippen LogP contribution in [0.3, 0.4) is 0 Å². The van der Waals surface area contributed by atoms with Gasteiger partial charge in [-0.3, -0.25) is 9.80 Å². The Morgan fingerprint density at radius 1 is 0.880 bits per heavy atom. The van der Waals surface area contributed by atoms with Crippen LogP contribution in [0.5, 0.6) is 0 Å². The van der Waals surface area contributed by atoms with Gasteiger partial charge in [-0.25, -0.2) is 0 Å². The lowest BCUT2D eigenvalue weighted by atomic mass is 10.1. The minimum Gasteiger partial charge on any atom is -0.372 e. The molecule has 3 heteroatoms. The van der Waals surface area contributed by atoms with Crippen LogP contribution in [0.2, 0.25) is 0 Å². The molecule has 25 heavy (non-hydrogen) atoms. The molecule has 3 nitrogen and oxygen atoms in total. The van der Waals surface area contributed by atoms with Crippen molar-refractivity contribution in [2.45, 2.75) is 44.2 Å². The summed E-state index contributed by atoms with van der Waals surface area (Å²) in [6, 6.07) is 22.5. The Kier molecular flexibility index (Phi) is 5.16. The SMILES string of the molecule is CN1C[C@@H]2CC[C@@H](OCc3ccccc3)[C@H]1CN2Cc1ccccc1. The molecule has 2 aromatic rings. The van der Waals surface area contributed by atoms with Crippen molar-refractivity contribution in [3.05, 3.63) is 71.8 Å². The van der Waals surface area contributed by atoms with Crippen LogP contribution in [-0.2, 0) is 17.9 Å². The second kappa shape index (κ2) is 7.69. The predicted molar refractivity (Wildman–Crippen MR) is 101 cm³/mol. The summed E-state index contributed by atoms with van der Waals surface area (Å²) in [7, 11) is 2.27. The first-order valence-corrected chi connectivity index (χ1v) is 9.43. The van der Waals surface area contributed by atoms with Crippen molar-refractivity contribution >= 4 is 0 Å². The van der Waals surface area contributed by atoms with Crippen molar-refractivity contribution in [3.63, 3.8) is 0 Å². The fourth-order valence-corrected chi connectivity index (χ4v) is 4.32. The number of rotatable bonds is 5. The largest absolute Gasteiger partial charge is 0.372 e. The normalized spacial score (nSPS) is 27.3. The fourth-order valence-electron chi connectivity index (χ4n) is 4.32. The van der Waals surface area contributed by atoms with Crippen molar-refractivity contribution in [2.24, 2.45) is 0 Å². The van der Waals surface area contributed by atoms with E-state index in [1.165, 1.54) is 17.5 Å². The van der Waals surface area contributed by atoms with Gasteiger partial charge >= 0.3 is 0 Å². The summed E-state index contributed by atoms with van der Waals surface area (Å²) >= 11 is 0. The fraction of sp³-hybridized carbons (Fsp3) is 0.455. The quantitative estimate of drug-likeness (QED) is 0.830. The molecule has 0 N–H and O–H groups in total. The number of ether oxygens (including phenoxy) is 1. The first-order valence-electron chi connectivity index (χ1n) is 9.43. The molecular formula is C22H28N2O.